The average Bonchev–Trinajstić information content (AvgIpc) is 2.54. The summed E-state index contributed by atoms with van der Waals surface area (Å²) in [7, 11) is 0. The zero-order chi connectivity index (χ0) is 15.7. The molecule has 116 valence electrons. The fourth-order valence-electron chi connectivity index (χ4n) is 3.05. The Kier molecular flexibility index (Phi) is 3.88. The Morgan fingerprint density at radius 1 is 1.27 bits per heavy atom. The summed E-state index contributed by atoms with van der Waals surface area (Å²) in [5, 5.41) is 0.383. The smallest absolute Gasteiger partial charge is 0.314 e. The number of benzene rings is 1. The van der Waals surface area contributed by atoms with Gasteiger partial charge in [0.05, 0.1) is 16.8 Å². The number of nitrogens with two attached hydrogens (primary N) is 1. The third kappa shape index (κ3) is 2.58. The van der Waals surface area contributed by atoms with Crippen molar-refractivity contribution >= 4 is 22.6 Å². The Bertz CT molecular complexity index is 773. The van der Waals surface area contributed by atoms with Crippen molar-refractivity contribution in [3.8, 4) is 5.75 Å². The van der Waals surface area contributed by atoms with E-state index >= 15 is 0 Å². The summed E-state index contributed by atoms with van der Waals surface area (Å²) in [6, 6.07) is 3.25. The van der Waals surface area contributed by atoms with E-state index < -0.39 is 0 Å². The molecule has 5 nitrogen and oxygen atoms in total. The second-order valence-corrected chi connectivity index (χ2v) is 5.96. The number of esters is 1. The molecular formula is C17H20N2O3. The molecule has 3 rings (SSSR count). The van der Waals surface area contributed by atoms with Crippen molar-refractivity contribution in [1.82, 2.24) is 4.98 Å². The Balaban J connectivity index is 1.98. The van der Waals surface area contributed by atoms with Crippen LogP contribution >= 0.6 is 0 Å². The van der Waals surface area contributed by atoms with Gasteiger partial charge in [-0.05, 0) is 31.9 Å². The van der Waals surface area contributed by atoms with E-state index in [4.69, 9.17) is 10.5 Å². The maximum atomic E-state index is 12.3. The topological polar surface area (TPSA) is 85.2 Å². The van der Waals surface area contributed by atoms with Crippen LogP contribution in [0.4, 0.5) is 5.69 Å². The monoisotopic (exact) mass is 300 g/mol. The van der Waals surface area contributed by atoms with Crippen LogP contribution in [0.5, 0.6) is 5.75 Å². The van der Waals surface area contributed by atoms with E-state index in [1.807, 2.05) is 0 Å². The summed E-state index contributed by atoms with van der Waals surface area (Å²) in [4.78, 5) is 27.6. The minimum atomic E-state index is -0.216. The fraction of sp³-hybridized carbons (Fsp3) is 0.412. The first-order chi connectivity index (χ1) is 10.6. The number of nitrogen functional groups attached to an aromatic ring is 1. The number of fused-ring (bicyclic) bond motifs is 1. The summed E-state index contributed by atoms with van der Waals surface area (Å²) in [5.41, 5.74) is 7.22. The van der Waals surface area contributed by atoms with Gasteiger partial charge in [0.25, 0.3) is 0 Å². The van der Waals surface area contributed by atoms with Gasteiger partial charge < -0.3 is 15.5 Å². The lowest BCUT2D eigenvalue weighted by molar-refractivity contribution is -0.139. The predicted molar refractivity (Wildman–Crippen MR) is 85.9 cm³/mol. The lowest BCUT2D eigenvalue weighted by Gasteiger charge is -2.20. The fourth-order valence-corrected chi connectivity index (χ4v) is 3.05. The molecule has 0 radical (unpaired) electrons. The molecule has 0 atom stereocenters. The van der Waals surface area contributed by atoms with Gasteiger partial charge in [0.15, 0.2) is 11.2 Å². The van der Waals surface area contributed by atoms with Gasteiger partial charge in [0, 0.05) is 17.4 Å². The Labute approximate surface area is 128 Å². The van der Waals surface area contributed by atoms with Crippen LogP contribution in [0, 0.1) is 12.8 Å². The molecule has 1 aromatic carbocycles. The van der Waals surface area contributed by atoms with Crippen LogP contribution in [0.1, 0.15) is 37.7 Å². The number of carbonyl (C=O) groups is 1. The van der Waals surface area contributed by atoms with Crippen molar-refractivity contribution in [2.24, 2.45) is 5.92 Å². The quantitative estimate of drug-likeness (QED) is 0.507. The predicted octanol–water partition coefficient (Wildman–Crippen LogP) is 2.90. The molecule has 1 aliphatic rings. The lowest BCUT2D eigenvalue weighted by Crippen LogP contribution is -2.23. The normalized spacial score (nSPS) is 15.9. The second kappa shape index (κ2) is 5.83. The van der Waals surface area contributed by atoms with Gasteiger partial charge in [-0.25, -0.2) is 0 Å². The molecular weight excluding hydrogens is 280 g/mol. The summed E-state index contributed by atoms with van der Waals surface area (Å²) in [6.45, 7) is 1.72. The van der Waals surface area contributed by atoms with Crippen molar-refractivity contribution in [1.29, 1.82) is 0 Å². The average molecular weight is 300 g/mol. The van der Waals surface area contributed by atoms with E-state index in [1.165, 1.54) is 6.42 Å². The van der Waals surface area contributed by atoms with Crippen molar-refractivity contribution < 1.29 is 9.53 Å². The van der Waals surface area contributed by atoms with Gasteiger partial charge in [-0.1, -0.05) is 19.3 Å². The van der Waals surface area contributed by atoms with Crippen molar-refractivity contribution in [3.63, 3.8) is 0 Å². The molecule has 1 saturated carbocycles. The highest BCUT2D eigenvalue weighted by Gasteiger charge is 2.24. The third-order valence-corrected chi connectivity index (χ3v) is 4.37. The Hall–Kier alpha value is -2.30. The molecule has 0 unspecified atom stereocenters. The van der Waals surface area contributed by atoms with Gasteiger partial charge in [-0.3, -0.25) is 9.59 Å². The molecule has 1 fully saturated rings. The van der Waals surface area contributed by atoms with E-state index in [2.05, 4.69) is 4.98 Å². The number of nitrogens with one attached hydrogen (secondary N) is 1. The van der Waals surface area contributed by atoms with Crippen LogP contribution in [0.2, 0.25) is 0 Å². The highest BCUT2D eigenvalue weighted by atomic mass is 16.5. The first-order valence-electron chi connectivity index (χ1n) is 7.70. The van der Waals surface area contributed by atoms with E-state index in [0.29, 0.717) is 27.9 Å². The van der Waals surface area contributed by atoms with Crippen LogP contribution in [0.15, 0.2) is 23.1 Å². The van der Waals surface area contributed by atoms with Crippen molar-refractivity contribution in [3.05, 3.63) is 34.1 Å². The van der Waals surface area contributed by atoms with E-state index in [1.54, 1.807) is 25.3 Å². The Morgan fingerprint density at radius 2 is 2.00 bits per heavy atom. The van der Waals surface area contributed by atoms with Gasteiger partial charge in [-0.15, -0.1) is 0 Å². The largest absolute Gasteiger partial charge is 0.424 e. The molecule has 3 N–H and O–H groups in total. The number of aryl methyl sites for hydroxylation is 1. The van der Waals surface area contributed by atoms with Crippen molar-refractivity contribution in [2.75, 3.05) is 5.73 Å². The molecule has 2 aromatic rings. The SMILES string of the molecule is Cc1c[nH]c2c(OC(=O)C3CCCCC3)ccc(N)c2c1=O. The molecule has 0 bridgehead atoms. The van der Waals surface area contributed by atoms with Crippen LogP contribution < -0.4 is 15.9 Å². The molecule has 5 heteroatoms. The number of aromatic nitrogens is 1. The molecule has 0 saturated heterocycles. The highest BCUT2D eigenvalue weighted by Crippen LogP contribution is 2.29. The molecule has 0 amide bonds. The zero-order valence-electron chi connectivity index (χ0n) is 12.6. The number of H-pyrrole nitrogens is 1. The number of hydrogen-bond acceptors (Lipinski definition) is 4. The third-order valence-electron chi connectivity index (χ3n) is 4.37. The molecule has 1 aliphatic carbocycles. The lowest BCUT2D eigenvalue weighted by atomic mass is 9.89. The van der Waals surface area contributed by atoms with Crippen LogP contribution in [0.25, 0.3) is 10.9 Å². The van der Waals surface area contributed by atoms with Gasteiger partial charge >= 0.3 is 5.97 Å². The number of aromatic amines is 1. The first-order valence-corrected chi connectivity index (χ1v) is 7.70. The van der Waals surface area contributed by atoms with Crippen LogP contribution in [-0.4, -0.2) is 11.0 Å². The minimum absolute atomic E-state index is 0.0430. The maximum Gasteiger partial charge on any atom is 0.314 e. The number of rotatable bonds is 2. The molecule has 0 spiro atoms. The van der Waals surface area contributed by atoms with E-state index in [9.17, 15) is 9.59 Å². The number of pyridine rings is 1. The van der Waals surface area contributed by atoms with Gasteiger partial charge in [0.1, 0.15) is 0 Å². The van der Waals surface area contributed by atoms with Gasteiger partial charge in [0.2, 0.25) is 0 Å². The van der Waals surface area contributed by atoms with Crippen molar-refractivity contribution in [2.45, 2.75) is 39.0 Å². The number of carbonyl (C=O) groups excluding carboxylic acids is 1. The molecule has 22 heavy (non-hydrogen) atoms. The minimum Gasteiger partial charge on any atom is -0.424 e. The van der Waals surface area contributed by atoms with Crippen LogP contribution in [0.3, 0.4) is 0 Å². The van der Waals surface area contributed by atoms with E-state index in [-0.39, 0.29) is 17.3 Å². The van der Waals surface area contributed by atoms with Gasteiger partial charge in [-0.2, -0.15) is 0 Å². The highest BCUT2D eigenvalue weighted by molar-refractivity contribution is 5.95. The molecule has 1 aromatic heterocycles. The number of hydrogen-bond donors (Lipinski definition) is 2. The summed E-state index contributed by atoms with van der Waals surface area (Å²) in [6.07, 6.45) is 6.68. The standard InChI is InChI=1S/C17H20N2O3/c1-10-9-19-15-13(8-7-12(18)14(15)16(10)20)22-17(21)11-5-3-2-4-6-11/h7-9,11H,2-6,18H2,1H3,(H,19,20). The van der Waals surface area contributed by atoms with E-state index in [0.717, 1.165) is 25.7 Å². The molecule has 0 aliphatic heterocycles. The maximum absolute atomic E-state index is 12.3. The summed E-state index contributed by atoms with van der Waals surface area (Å²) in [5.74, 6) is 0.114. The molecule has 1 heterocycles. The van der Waals surface area contributed by atoms with Crippen LogP contribution in [-0.2, 0) is 4.79 Å². The summed E-state index contributed by atoms with van der Waals surface area (Å²) >= 11 is 0. The zero-order valence-corrected chi connectivity index (χ0v) is 12.6. The summed E-state index contributed by atoms with van der Waals surface area (Å²) < 4.78 is 5.55. The Morgan fingerprint density at radius 3 is 2.73 bits per heavy atom. The number of ether oxygens (including phenoxy) is 1. The number of anilines is 1. The second-order valence-electron chi connectivity index (χ2n) is 5.96. The first kappa shape index (κ1) is 14.6.